The predicted octanol–water partition coefficient (Wildman–Crippen LogP) is 3.01. The number of carbonyl (C=O) groups is 4. The number of amides is 2. The van der Waals surface area contributed by atoms with E-state index in [-0.39, 0.29) is 18.4 Å². The molecular weight excluding hydrogens is 478 g/mol. The Labute approximate surface area is 214 Å². The first-order valence-electron chi connectivity index (χ1n) is 11.9. The zero-order valence-corrected chi connectivity index (χ0v) is 20.3. The number of ether oxygens (including phenoxy) is 1. The van der Waals surface area contributed by atoms with Gasteiger partial charge in [-0.1, -0.05) is 24.6 Å². The van der Waals surface area contributed by atoms with E-state index < -0.39 is 11.9 Å². The molecule has 2 aromatic rings. The zero-order valence-electron chi connectivity index (χ0n) is 20.3. The minimum atomic E-state index is -1.26. The fourth-order valence-electron chi connectivity index (χ4n) is 3.93. The van der Waals surface area contributed by atoms with Gasteiger partial charge < -0.3 is 14.9 Å². The van der Waals surface area contributed by atoms with Crippen molar-refractivity contribution in [3.8, 4) is 5.88 Å². The maximum Gasteiger partial charge on any atom is 0.328 e. The number of aromatic nitrogens is 1. The Morgan fingerprint density at radius 2 is 1.54 bits per heavy atom. The van der Waals surface area contributed by atoms with E-state index in [0.717, 1.165) is 19.6 Å². The zero-order chi connectivity index (χ0) is 26.6. The van der Waals surface area contributed by atoms with Gasteiger partial charge in [0.15, 0.2) is 0 Å². The highest BCUT2D eigenvalue weighted by atomic mass is 16.5. The summed E-state index contributed by atoms with van der Waals surface area (Å²) in [6, 6.07) is 10.9. The summed E-state index contributed by atoms with van der Waals surface area (Å²) in [6.07, 6.45) is 10.3. The number of fused-ring (bicyclic) bond motifs is 1. The average molecular weight is 508 g/mol. The lowest BCUT2D eigenvalue weighted by Gasteiger charge is -2.26. The van der Waals surface area contributed by atoms with Crippen LogP contribution in [0.15, 0.2) is 66.9 Å². The number of hydrogen-bond donors (Lipinski definition) is 2. The number of benzene rings is 1. The van der Waals surface area contributed by atoms with Gasteiger partial charge in [0, 0.05) is 37.5 Å². The summed E-state index contributed by atoms with van der Waals surface area (Å²) >= 11 is 0. The van der Waals surface area contributed by atoms with Gasteiger partial charge in [0.1, 0.15) is 6.61 Å². The van der Waals surface area contributed by atoms with Crippen molar-refractivity contribution in [2.24, 2.45) is 0 Å². The molecule has 2 aliphatic heterocycles. The van der Waals surface area contributed by atoms with Gasteiger partial charge in [-0.15, -0.1) is 0 Å². The quantitative estimate of drug-likeness (QED) is 0.298. The summed E-state index contributed by atoms with van der Waals surface area (Å²) in [4.78, 5) is 51.7. The molecule has 0 bridgehead atoms. The van der Waals surface area contributed by atoms with Crippen LogP contribution in [0.3, 0.4) is 0 Å². The lowest BCUT2D eigenvalue weighted by atomic mass is 10.1. The van der Waals surface area contributed by atoms with E-state index in [1.165, 1.54) is 29.7 Å². The van der Waals surface area contributed by atoms with Gasteiger partial charge in [-0.3, -0.25) is 19.4 Å². The third kappa shape index (κ3) is 8.39. The maximum atomic E-state index is 12.3. The minimum Gasteiger partial charge on any atom is -0.478 e. The molecule has 3 heterocycles. The maximum absolute atomic E-state index is 12.3. The molecule has 37 heavy (non-hydrogen) atoms. The second kappa shape index (κ2) is 13.7. The van der Waals surface area contributed by atoms with E-state index in [0.29, 0.717) is 35.8 Å². The van der Waals surface area contributed by atoms with Crippen LogP contribution in [0.2, 0.25) is 0 Å². The van der Waals surface area contributed by atoms with Crippen molar-refractivity contribution in [3.63, 3.8) is 0 Å². The Morgan fingerprint density at radius 1 is 0.919 bits per heavy atom. The van der Waals surface area contributed by atoms with Crippen molar-refractivity contribution in [3.05, 3.63) is 83.6 Å². The second-order valence-electron chi connectivity index (χ2n) is 8.40. The number of aliphatic carboxylic acids is 2. The Morgan fingerprint density at radius 3 is 2.14 bits per heavy atom. The topological polar surface area (TPSA) is 137 Å². The van der Waals surface area contributed by atoms with Crippen LogP contribution in [0, 0.1) is 0 Å². The fraction of sp³-hybridized carbons (Fsp3) is 0.296. The second-order valence-corrected chi connectivity index (χ2v) is 8.40. The molecular formula is C27H29N3O7. The molecule has 4 rings (SSSR count). The third-order valence-corrected chi connectivity index (χ3v) is 5.68. The summed E-state index contributed by atoms with van der Waals surface area (Å²) in [7, 11) is 0. The van der Waals surface area contributed by atoms with Crippen molar-refractivity contribution >= 4 is 23.8 Å². The van der Waals surface area contributed by atoms with E-state index in [9.17, 15) is 19.2 Å². The first-order chi connectivity index (χ1) is 17.8. The van der Waals surface area contributed by atoms with E-state index in [1.54, 1.807) is 36.5 Å². The largest absolute Gasteiger partial charge is 0.478 e. The molecule has 1 saturated heterocycles. The van der Waals surface area contributed by atoms with Gasteiger partial charge in [-0.05, 0) is 55.8 Å². The average Bonchev–Trinajstić information content (AvgIpc) is 3.13. The first kappa shape index (κ1) is 27.3. The molecule has 2 N–H and O–H groups in total. The Hall–Kier alpha value is -4.31. The van der Waals surface area contributed by atoms with E-state index in [4.69, 9.17) is 14.9 Å². The summed E-state index contributed by atoms with van der Waals surface area (Å²) < 4.78 is 5.71. The Kier molecular flexibility index (Phi) is 10.1. The molecule has 1 fully saturated rings. The van der Waals surface area contributed by atoms with Crippen LogP contribution in [0.1, 0.15) is 45.5 Å². The SMILES string of the molecule is O=C(O)/C=C/C(=O)O.O=C1c2ccccc2C(=O)N1C/C=C/COc1cc(CN2CCCCC2)ccn1. The summed E-state index contributed by atoms with van der Waals surface area (Å²) in [6.45, 7) is 3.80. The number of rotatable bonds is 9. The van der Waals surface area contributed by atoms with E-state index in [2.05, 4.69) is 9.88 Å². The van der Waals surface area contributed by atoms with Gasteiger partial charge in [0.25, 0.3) is 11.8 Å². The molecule has 10 nitrogen and oxygen atoms in total. The fourth-order valence-corrected chi connectivity index (χ4v) is 3.93. The van der Waals surface area contributed by atoms with Crippen molar-refractivity contribution in [2.75, 3.05) is 26.2 Å². The van der Waals surface area contributed by atoms with Gasteiger partial charge >= 0.3 is 11.9 Å². The van der Waals surface area contributed by atoms with Gasteiger partial charge in [-0.25, -0.2) is 14.6 Å². The van der Waals surface area contributed by atoms with Crippen LogP contribution in [0.4, 0.5) is 0 Å². The van der Waals surface area contributed by atoms with Crippen LogP contribution in [0.5, 0.6) is 5.88 Å². The number of imide groups is 1. The van der Waals surface area contributed by atoms with Crippen molar-refractivity contribution in [1.29, 1.82) is 0 Å². The van der Waals surface area contributed by atoms with Crippen molar-refractivity contribution in [1.82, 2.24) is 14.8 Å². The first-order valence-corrected chi connectivity index (χ1v) is 11.9. The molecule has 0 atom stereocenters. The number of nitrogens with zero attached hydrogens (tertiary/aromatic N) is 3. The third-order valence-electron chi connectivity index (χ3n) is 5.68. The lowest BCUT2D eigenvalue weighted by molar-refractivity contribution is -0.134. The molecule has 0 unspecified atom stereocenters. The van der Waals surface area contributed by atoms with Gasteiger partial charge in [0.05, 0.1) is 11.1 Å². The lowest BCUT2D eigenvalue weighted by Crippen LogP contribution is -2.29. The highest BCUT2D eigenvalue weighted by Gasteiger charge is 2.34. The Balaban J connectivity index is 0.000000414. The van der Waals surface area contributed by atoms with E-state index in [1.807, 2.05) is 18.2 Å². The molecule has 10 heteroatoms. The van der Waals surface area contributed by atoms with Crippen molar-refractivity contribution in [2.45, 2.75) is 25.8 Å². The monoisotopic (exact) mass is 507 g/mol. The minimum absolute atomic E-state index is 0.234. The number of carbonyl (C=O) groups excluding carboxylic acids is 2. The number of hydrogen-bond acceptors (Lipinski definition) is 7. The Bertz CT molecular complexity index is 1140. The molecule has 0 radical (unpaired) electrons. The van der Waals surface area contributed by atoms with Crippen molar-refractivity contribution < 1.29 is 34.1 Å². The standard InChI is InChI=1S/C23H25N3O3.C4H4O4/c27-22-19-8-2-3-9-20(19)23(28)26(22)14-6-7-15-29-21-16-18(10-11-24-21)17-25-12-4-1-5-13-25;5-3(6)1-2-4(7)8/h2-3,6-11,16H,1,4-5,12-15,17H2;1-2H,(H,5,6)(H,7,8)/b7-6+;2-1+. The number of piperidine rings is 1. The van der Waals surface area contributed by atoms with Crippen LogP contribution in [-0.4, -0.2) is 75.0 Å². The van der Waals surface area contributed by atoms with Crippen LogP contribution in [-0.2, 0) is 16.1 Å². The van der Waals surface area contributed by atoms with Crippen LogP contribution in [0.25, 0.3) is 0 Å². The van der Waals surface area contributed by atoms with Gasteiger partial charge in [0.2, 0.25) is 5.88 Å². The van der Waals surface area contributed by atoms with Crippen LogP contribution < -0.4 is 4.74 Å². The number of pyridine rings is 1. The summed E-state index contributed by atoms with van der Waals surface area (Å²) in [5.41, 5.74) is 2.14. The normalized spacial score (nSPS) is 15.5. The van der Waals surface area contributed by atoms with E-state index >= 15 is 0 Å². The molecule has 0 saturated carbocycles. The molecule has 1 aromatic carbocycles. The van der Waals surface area contributed by atoms with Crippen LogP contribution >= 0.6 is 0 Å². The molecule has 194 valence electrons. The number of carboxylic acid groups (broad SMARTS) is 2. The molecule has 0 aliphatic carbocycles. The molecule has 2 amide bonds. The summed E-state index contributed by atoms with van der Waals surface area (Å²) in [5.74, 6) is -2.42. The molecule has 0 spiro atoms. The smallest absolute Gasteiger partial charge is 0.328 e. The highest BCUT2D eigenvalue weighted by Crippen LogP contribution is 2.22. The number of carboxylic acids is 2. The number of likely N-dealkylation sites (tertiary alicyclic amines) is 1. The molecule has 2 aliphatic rings. The predicted molar refractivity (Wildman–Crippen MR) is 134 cm³/mol. The summed E-state index contributed by atoms with van der Waals surface area (Å²) in [5, 5.41) is 15.6. The molecule has 1 aromatic heterocycles. The highest BCUT2D eigenvalue weighted by molar-refractivity contribution is 6.21. The van der Waals surface area contributed by atoms with Gasteiger partial charge in [-0.2, -0.15) is 0 Å².